The van der Waals surface area contributed by atoms with Crippen LogP contribution >= 0.6 is 11.3 Å². The van der Waals surface area contributed by atoms with Gasteiger partial charge in [0.1, 0.15) is 4.88 Å². The highest BCUT2D eigenvalue weighted by Crippen LogP contribution is 2.31. The first-order valence-corrected chi connectivity index (χ1v) is 11.0. The highest BCUT2D eigenvalue weighted by Gasteiger charge is 2.47. The van der Waals surface area contributed by atoms with Gasteiger partial charge in [0.05, 0.1) is 12.6 Å². The maximum absolute atomic E-state index is 14.1. The second-order valence-electron chi connectivity index (χ2n) is 7.88. The molecular formula is C21H21FN4O8S. The molecule has 186 valence electrons. The highest BCUT2D eigenvalue weighted by atomic mass is 32.1. The lowest BCUT2D eigenvalue weighted by Gasteiger charge is -2.34. The van der Waals surface area contributed by atoms with Crippen LogP contribution in [0.5, 0.6) is 5.75 Å². The van der Waals surface area contributed by atoms with Crippen LogP contribution in [0.15, 0.2) is 24.4 Å². The van der Waals surface area contributed by atoms with Crippen molar-refractivity contribution in [3.63, 3.8) is 0 Å². The summed E-state index contributed by atoms with van der Waals surface area (Å²) < 4.78 is 19.1. The van der Waals surface area contributed by atoms with Crippen LogP contribution in [0.1, 0.15) is 39.3 Å². The number of aliphatic carboxylic acids is 2. The minimum absolute atomic E-state index is 0.0740. The number of hydrogen-bond acceptors (Lipinski definition) is 10. The predicted molar refractivity (Wildman–Crippen MR) is 119 cm³/mol. The van der Waals surface area contributed by atoms with Crippen LogP contribution in [0.4, 0.5) is 9.52 Å². The lowest BCUT2D eigenvalue weighted by atomic mass is 9.79. The molecular weight excluding hydrogens is 487 g/mol. The van der Waals surface area contributed by atoms with Gasteiger partial charge in [-0.05, 0) is 31.0 Å². The SMILES string of the molecule is NC(=O)c1ccc(OC(=O)c2cnc(N3CCC(C(=O)[C@](N)(CC(=O)O)C(=O)O)CC3)s2)c(F)c1. The van der Waals surface area contributed by atoms with Gasteiger partial charge in [0.2, 0.25) is 5.91 Å². The molecule has 1 atom stereocenters. The molecule has 12 nitrogen and oxygen atoms in total. The number of thiazole rings is 1. The van der Waals surface area contributed by atoms with Gasteiger partial charge in [0.25, 0.3) is 0 Å². The normalized spacial score (nSPS) is 15.8. The van der Waals surface area contributed by atoms with Gasteiger partial charge in [-0.1, -0.05) is 11.3 Å². The number of hydrogen-bond donors (Lipinski definition) is 4. The molecule has 0 radical (unpaired) electrons. The topological polar surface area (TPSA) is 203 Å². The van der Waals surface area contributed by atoms with Crippen LogP contribution in [0.2, 0.25) is 0 Å². The predicted octanol–water partition coefficient (Wildman–Crippen LogP) is 0.643. The molecule has 14 heteroatoms. The first-order valence-electron chi connectivity index (χ1n) is 10.2. The second-order valence-corrected chi connectivity index (χ2v) is 8.89. The Kier molecular flexibility index (Phi) is 7.45. The van der Waals surface area contributed by atoms with Crippen molar-refractivity contribution in [1.29, 1.82) is 0 Å². The van der Waals surface area contributed by atoms with Crippen LogP contribution in [-0.4, -0.2) is 63.4 Å². The number of primary amides is 1. The smallest absolute Gasteiger partial charge is 0.355 e. The van der Waals surface area contributed by atoms with Crippen LogP contribution in [0.25, 0.3) is 0 Å². The number of anilines is 1. The fourth-order valence-electron chi connectivity index (χ4n) is 3.60. The summed E-state index contributed by atoms with van der Waals surface area (Å²) >= 11 is 0.971. The number of amides is 1. The average Bonchev–Trinajstić information content (AvgIpc) is 3.29. The third kappa shape index (κ3) is 5.60. The first kappa shape index (κ1) is 25.7. The number of carbonyl (C=O) groups excluding carboxylic acids is 3. The number of carbonyl (C=O) groups is 5. The number of piperidine rings is 1. The fourth-order valence-corrected chi connectivity index (χ4v) is 4.44. The van der Waals surface area contributed by atoms with Gasteiger partial charge in [-0.25, -0.2) is 19.0 Å². The van der Waals surface area contributed by atoms with Crippen molar-refractivity contribution in [3.8, 4) is 5.75 Å². The maximum Gasteiger partial charge on any atom is 0.355 e. The largest absolute Gasteiger partial charge is 0.481 e. The molecule has 0 unspecified atom stereocenters. The number of ketones is 1. The van der Waals surface area contributed by atoms with Crippen LogP contribution in [0, 0.1) is 11.7 Å². The molecule has 1 aliphatic heterocycles. The molecule has 1 saturated heterocycles. The lowest BCUT2D eigenvalue weighted by Crippen LogP contribution is -2.59. The minimum Gasteiger partial charge on any atom is -0.481 e. The molecule has 1 aromatic heterocycles. The quantitative estimate of drug-likeness (QED) is 0.210. The van der Waals surface area contributed by atoms with Crippen LogP contribution in [0.3, 0.4) is 0 Å². The van der Waals surface area contributed by atoms with Gasteiger partial charge < -0.3 is 31.3 Å². The number of esters is 1. The van der Waals surface area contributed by atoms with Gasteiger partial charge in [-0.3, -0.25) is 14.4 Å². The molecule has 1 aromatic carbocycles. The number of Topliss-reactive ketones (excluding diaryl/α,β-unsaturated/α-hetero) is 1. The molecule has 1 fully saturated rings. The zero-order chi connectivity index (χ0) is 25.9. The average molecular weight is 508 g/mol. The van der Waals surface area contributed by atoms with E-state index in [1.165, 1.54) is 12.3 Å². The number of rotatable bonds is 9. The zero-order valence-corrected chi connectivity index (χ0v) is 18.9. The van der Waals surface area contributed by atoms with Crippen molar-refractivity contribution in [1.82, 2.24) is 4.98 Å². The summed E-state index contributed by atoms with van der Waals surface area (Å²) in [7, 11) is 0. The van der Waals surface area contributed by atoms with E-state index in [1.807, 2.05) is 0 Å². The van der Waals surface area contributed by atoms with Crippen molar-refractivity contribution < 1.29 is 43.3 Å². The van der Waals surface area contributed by atoms with Crippen molar-refractivity contribution in [2.24, 2.45) is 17.4 Å². The van der Waals surface area contributed by atoms with E-state index in [0.29, 0.717) is 5.13 Å². The van der Waals surface area contributed by atoms with Crippen molar-refractivity contribution in [2.75, 3.05) is 18.0 Å². The van der Waals surface area contributed by atoms with Crippen LogP contribution in [-0.2, 0) is 14.4 Å². The third-order valence-corrected chi connectivity index (χ3v) is 6.54. The molecule has 0 bridgehead atoms. The summed E-state index contributed by atoms with van der Waals surface area (Å²) in [6, 6.07) is 3.18. The van der Waals surface area contributed by atoms with Gasteiger partial charge in [-0.15, -0.1) is 0 Å². The Morgan fingerprint density at radius 1 is 1.20 bits per heavy atom. The first-order chi connectivity index (χ1) is 16.4. The Bertz CT molecular complexity index is 1190. The van der Waals surface area contributed by atoms with E-state index in [-0.39, 0.29) is 42.1 Å². The number of nitrogens with two attached hydrogens (primary N) is 2. The fraction of sp³-hybridized carbons (Fsp3) is 0.333. The van der Waals surface area contributed by atoms with E-state index in [2.05, 4.69) is 4.98 Å². The Labute approximate surface area is 201 Å². The van der Waals surface area contributed by atoms with Crippen molar-refractivity contribution >= 4 is 46.1 Å². The summed E-state index contributed by atoms with van der Waals surface area (Å²) in [6.45, 7) is 0.564. The molecule has 0 saturated carbocycles. The van der Waals surface area contributed by atoms with E-state index < -0.39 is 53.3 Å². The number of carboxylic acid groups (broad SMARTS) is 2. The molecule has 2 aromatic rings. The number of carboxylic acids is 2. The Hall–Kier alpha value is -3.91. The van der Waals surface area contributed by atoms with Crippen molar-refractivity contribution in [3.05, 3.63) is 40.7 Å². The van der Waals surface area contributed by atoms with Gasteiger partial charge >= 0.3 is 17.9 Å². The summed E-state index contributed by atoms with van der Waals surface area (Å²) in [4.78, 5) is 64.6. The molecule has 35 heavy (non-hydrogen) atoms. The molecule has 6 N–H and O–H groups in total. The highest BCUT2D eigenvalue weighted by molar-refractivity contribution is 7.17. The van der Waals surface area contributed by atoms with Gasteiger partial charge in [0.15, 0.2) is 28.0 Å². The van der Waals surface area contributed by atoms with E-state index >= 15 is 0 Å². The molecule has 3 rings (SSSR count). The Morgan fingerprint density at radius 3 is 2.40 bits per heavy atom. The van der Waals surface area contributed by atoms with E-state index in [1.54, 1.807) is 4.90 Å². The Morgan fingerprint density at radius 2 is 1.86 bits per heavy atom. The van der Waals surface area contributed by atoms with Gasteiger partial charge in [-0.2, -0.15) is 0 Å². The number of benzene rings is 1. The van der Waals surface area contributed by atoms with Gasteiger partial charge in [0, 0.05) is 24.6 Å². The molecule has 2 heterocycles. The summed E-state index contributed by atoms with van der Waals surface area (Å²) in [5, 5.41) is 18.7. The summed E-state index contributed by atoms with van der Waals surface area (Å²) in [6.07, 6.45) is 0.644. The number of aromatic nitrogens is 1. The monoisotopic (exact) mass is 508 g/mol. The number of ether oxygens (including phenoxy) is 1. The van der Waals surface area contributed by atoms with E-state index in [4.69, 9.17) is 21.3 Å². The standard InChI is InChI=1S/C21H21FN4O8S/c22-12-7-11(17(23)30)1-2-13(12)34-18(31)14-9-25-20(35-14)26-5-3-10(4-6-26)16(29)21(24,19(32)33)8-15(27)28/h1-2,7,9-10H,3-6,8,24H2,(H2,23,30)(H,27,28)(H,32,33)/t21-/m1/s1. The summed E-state index contributed by atoms with van der Waals surface area (Å²) in [5.74, 6) is -7.82. The Balaban J connectivity index is 1.63. The lowest BCUT2D eigenvalue weighted by molar-refractivity contribution is -0.155. The molecule has 1 amide bonds. The van der Waals surface area contributed by atoms with Crippen molar-refractivity contribution in [2.45, 2.75) is 24.8 Å². The van der Waals surface area contributed by atoms with E-state index in [9.17, 15) is 33.5 Å². The molecule has 1 aliphatic rings. The second kappa shape index (κ2) is 10.1. The summed E-state index contributed by atoms with van der Waals surface area (Å²) in [5.41, 5.74) is 8.13. The number of nitrogens with zero attached hydrogens (tertiary/aromatic N) is 2. The zero-order valence-electron chi connectivity index (χ0n) is 18.1. The molecule has 0 aliphatic carbocycles. The number of halogens is 1. The van der Waals surface area contributed by atoms with Crippen LogP contribution < -0.4 is 21.1 Å². The molecule has 0 spiro atoms. The van der Waals surface area contributed by atoms with E-state index in [0.717, 1.165) is 23.5 Å². The maximum atomic E-state index is 14.1. The minimum atomic E-state index is -2.51. The third-order valence-electron chi connectivity index (χ3n) is 5.50.